The number of guanidine groups is 1. The molecule has 3 aliphatic heterocycles. The van der Waals surface area contributed by atoms with Gasteiger partial charge in [-0.2, -0.15) is 4.98 Å². The molecule has 43 heavy (non-hydrogen) atoms. The molecule has 0 aromatic carbocycles. The van der Waals surface area contributed by atoms with Crippen LogP contribution in [0.4, 0.5) is 5.82 Å². The summed E-state index contributed by atoms with van der Waals surface area (Å²) in [7, 11) is 0. The predicted octanol–water partition coefficient (Wildman–Crippen LogP) is 1.83. The Morgan fingerprint density at radius 1 is 1.14 bits per heavy atom. The van der Waals surface area contributed by atoms with Gasteiger partial charge in [0.1, 0.15) is 12.0 Å². The summed E-state index contributed by atoms with van der Waals surface area (Å²) in [5, 5.41) is 14.4. The molecular formula is C31H49N9O3. The molecule has 2 saturated heterocycles. The van der Waals surface area contributed by atoms with E-state index in [4.69, 9.17) is 21.9 Å². The van der Waals surface area contributed by atoms with Gasteiger partial charge in [-0.3, -0.25) is 14.5 Å². The number of hydrogen-bond donors (Lipinski definition) is 5. The molecule has 2 aliphatic carbocycles. The van der Waals surface area contributed by atoms with Crippen LogP contribution in [-0.4, -0.2) is 81.5 Å². The second-order valence-electron chi connectivity index (χ2n) is 13.2. The molecule has 5 aliphatic rings. The maximum Gasteiger partial charge on any atom is 0.350 e. The number of aromatic nitrogens is 2. The van der Waals surface area contributed by atoms with Crippen molar-refractivity contribution in [3.05, 3.63) is 40.3 Å². The fraction of sp³-hybridized carbons (Fsp3) is 0.710. The third-order valence-electron chi connectivity index (χ3n) is 10.3. The van der Waals surface area contributed by atoms with E-state index >= 15 is 0 Å². The molecule has 1 saturated carbocycles. The standard InChI is InChI=1S/C31H49N9O3/c32-29(33)35-13-4-15-38-14-3-5-23(10-16-38)40-20-26-27(37-30(40)42)36-24-19-22(6-7-25(24)43-26)21-8-17-39(18-9-21)28(41)31(34)11-1-2-12-31/h6-7,20-23,28,41H,1-5,8-19,34H2,(H4,32,33,35)(H,36,37,42). The third kappa shape index (κ3) is 6.77. The van der Waals surface area contributed by atoms with E-state index in [2.05, 4.69) is 37.2 Å². The largest absolute Gasteiger partial charge is 0.450 e. The smallest absolute Gasteiger partial charge is 0.350 e. The van der Waals surface area contributed by atoms with Crippen LogP contribution < -0.4 is 32.9 Å². The fourth-order valence-electron chi connectivity index (χ4n) is 7.78. The van der Waals surface area contributed by atoms with E-state index in [1.807, 2.05) is 6.20 Å². The van der Waals surface area contributed by atoms with Crippen molar-refractivity contribution in [2.75, 3.05) is 44.6 Å². The number of ether oxygens (including phenoxy) is 1. The molecule has 8 N–H and O–H groups in total. The molecule has 12 nitrogen and oxygen atoms in total. The van der Waals surface area contributed by atoms with Crippen molar-refractivity contribution in [1.82, 2.24) is 19.4 Å². The molecule has 236 valence electrons. The van der Waals surface area contributed by atoms with Gasteiger partial charge in [0, 0.05) is 32.2 Å². The first-order chi connectivity index (χ1) is 20.8. The number of fused-ring (bicyclic) bond motifs is 1. The van der Waals surface area contributed by atoms with E-state index in [0.717, 1.165) is 115 Å². The lowest BCUT2D eigenvalue weighted by molar-refractivity contribution is -0.0680. The van der Waals surface area contributed by atoms with Crippen LogP contribution in [-0.2, 0) is 0 Å². The Labute approximate surface area is 254 Å². The minimum absolute atomic E-state index is 0.0884. The minimum atomic E-state index is -0.550. The zero-order valence-electron chi connectivity index (χ0n) is 25.3. The Bertz CT molecular complexity index is 1290. The predicted molar refractivity (Wildman–Crippen MR) is 167 cm³/mol. The van der Waals surface area contributed by atoms with Gasteiger partial charge in [0.2, 0.25) is 0 Å². The van der Waals surface area contributed by atoms with E-state index in [1.54, 1.807) is 4.57 Å². The Kier molecular flexibility index (Phi) is 9.08. The third-order valence-corrected chi connectivity index (χ3v) is 10.3. The molecule has 4 heterocycles. The van der Waals surface area contributed by atoms with E-state index in [-0.39, 0.29) is 17.7 Å². The topological polar surface area (TPSA) is 173 Å². The Hall–Kier alpha value is -2.93. The van der Waals surface area contributed by atoms with Crippen LogP contribution in [0.15, 0.2) is 39.6 Å². The molecule has 3 fully saturated rings. The number of aliphatic hydroxyl groups excluding tert-OH is 1. The Balaban J connectivity index is 1.03. The second-order valence-corrected chi connectivity index (χ2v) is 13.2. The summed E-state index contributed by atoms with van der Waals surface area (Å²) in [6, 6.07) is 0.0884. The SMILES string of the molecule is NC(N)=NCCCN1CCCC(n2cc3c(nc2=O)NC2=C(C=CC(C4CCN(C(O)C5(N)CCCC5)CC4)C2)O3)CC1. The first kappa shape index (κ1) is 30.1. The van der Waals surface area contributed by atoms with Gasteiger partial charge in [0.25, 0.3) is 0 Å². The number of piperidine rings is 1. The van der Waals surface area contributed by atoms with Crippen molar-refractivity contribution in [3.63, 3.8) is 0 Å². The molecule has 3 atom stereocenters. The van der Waals surface area contributed by atoms with Gasteiger partial charge < -0.3 is 37.3 Å². The summed E-state index contributed by atoms with van der Waals surface area (Å²) in [4.78, 5) is 26.3. The molecule has 0 amide bonds. The number of nitrogens with zero attached hydrogens (tertiary/aromatic N) is 5. The maximum absolute atomic E-state index is 13.2. The zero-order chi connectivity index (χ0) is 30.0. The molecule has 1 aromatic heterocycles. The number of aliphatic hydroxyl groups is 1. The normalized spacial score (nSPS) is 27.0. The Morgan fingerprint density at radius 3 is 2.70 bits per heavy atom. The summed E-state index contributed by atoms with van der Waals surface area (Å²) in [6.07, 6.45) is 16.3. The lowest BCUT2D eigenvalue weighted by atomic mass is 9.79. The summed E-state index contributed by atoms with van der Waals surface area (Å²) in [5.41, 5.74) is 17.7. The number of nitrogens with two attached hydrogens (primary N) is 3. The fourth-order valence-corrected chi connectivity index (χ4v) is 7.78. The zero-order valence-corrected chi connectivity index (χ0v) is 25.3. The van der Waals surface area contributed by atoms with Crippen LogP contribution in [0.5, 0.6) is 5.75 Å². The van der Waals surface area contributed by atoms with Gasteiger partial charge in [0.05, 0.1) is 17.4 Å². The Morgan fingerprint density at radius 2 is 1.93 bits per heavy atom. The number of anilines is 1. The monoisotopic (exact) mass is 595 g/mol. The highest BCUT2D eigenvalue weighted by atomic mass is 16.5. The number of allylic oxidation sites excluding steroid dienone is 3. The van der Waals surface area contributed by atoms with Crippen molar-refractivity contribution in [2.24, 2.45) is 34.0 Å². The number of nitrogens with one attached hydrogen (secondary N) is 1. The van der Waals surface area contributed by atoms with Gasteiger partial charge >= 0.3 is 5.69 Å². The molecule has 0 radical (unpaired) electrons. The van der Waals surface area contributed by atoms with Crippen molar-refractivity contribution >= 4 is 11.8 Å². The van der Waals surface area contributed by atoms with Gasteiger partial charge in [-0.05, 0) is 88.8 Å². The van der Waals surface area contributed by atoms with Crippen molar-refractivity contribution in [2.45, 2.75) is 88.4 Å². The summed E-state index contributed by atoms with van der Waals surface area (Å²) in [5.74, 6) is 2.95. The first-order valence-electron chi connectivity index (χ1n) is 16.3. The molecule has 0 bridgehead atoms. The first-order valence-corrected chi connectivity index (χ1v) is 16.3. The summed E-state index contributed by atoms with van der Waals surface area (Å²) in [6.45, 7) is 5.22. The van der Waals surface area contributed by atoms with E-state index in [0.29, 0.717) is 29.9 Å². The van der Waals surface area contributed by atoms with E-state index < -0.39 is 11.8 Å². The van der Waals surface area contributed by atoms with Gasteiger partial charge in [0.15, 0.2) is 17.5 Å². The number of aliphatic imine (C=N–C) groups is 1. The van der Waals surface area contributed by atoms with Crippen LogP contribution in [0.3, 0.4) is 0 Å². The summed E-state index contributed by atoms with van der Waals surface area (Å²) < 4.78 is 8.09. The molecule has 6 rings (SSSR count). The highest BCUT2D eigenvalue weighted by Crippen LogP contribution is 2.41. The van der Waals surface area contributed by atoms with Crippen LogP contribution in [0.25, 0.3) is 0 Å². The van der Waals surface area contributed by atoms with Crippen molar-refractivity contribution in [1.29, 1.82) is 0 Å². The number of hydrogen-bond acceptors (Lipinski definition) is 9. The van der Waals surface area contributed by atoms with E-state index in [9.17, 15) is 9.90 Å². The highest BCUT2D eigenvalue weighted by Gasteiger charge is 2.41. The average Bonchev–Trinajstić information content (AvgIpc) is 3.32. The van der Waals surface area contributed by atoms with Crippen LogP contribution >= 0.6 is 0 Å². The highest BCUT2D eigenvalue weighted by molar-refractivity contribution is 5.75. The van der Waals surface area contributed by atoms with Crippen LogP contribution in [0.1, 0.15) is 76.7 Å². The molecule has 1 aromatic rings. The number of likely N-dealkylation sites (tertiary alicyclic amines) is 2. The molecular weight excluding hydrogens is 546 g/mol. The van der Waals surface area contributed by atoms with Crippen LogP contribution in [0.2, 0.25) is 0 Å². The summed E-state index contributed by atoms with van der Waals surface area (Å²) >= 11 is 0. The minimum Gasteiger partial charge on any atom is -0.450 e. The molecule has 3 unspecified atom stereocenters. The maximum atomic E-state index is 13.2. The average molecular weight is 596 g/mol. The van der Waals surface area contributed by atoms with E-state index in [1.165, 1.54) is 0 Å². The van der Waals surface area contributed by atoms with Gasteiger partial charge in [-0.15, -0.1) is 0 Å². The quantitative estimate of drug-likeness (QED) is 0.169. The molecule has 0 spiro atoms. The van der Waals surface area contributed by atoms with Crippen molar-refractivity contribution < 1.29 is 9.84 Å². The van der Waals surface area contributed by atoms with Crippen LogP contribution in [0, 0.1) is 11.8 Å². The second kappa shape index (κ2) is 13.0. The molecule has 12 heteroatoms. The number of rotatable bonds is 8. The van der Waals surface area contributed by atoms with Crippen molar-refractivity contribution in [3.8, 4) is 5.75 Å². The van der Waals surface area contributed by atoms with Gasteiger partial charge in [-0.1, -0.05) is 18.9 Å². The lowest BCUT2D eigenvalue weighted by Gasteiger charge is -2.43. The van der Waals surface area contributed by atoms with Gasteiger partial charge in [-0.25, -0.2) is 4.79 Å². The lowest BCUT2D eigenvalue weighted by Crippen LogP contribution is -2.58.